The molecule has 0 saturated heterocycles. The lowest BCUT2D eigenvalue weighted by Crippen LogP contribution is -2.26. The molecule has 1 aromatic carbocycles. The van der Waals surface area contributed by atoms with Crippen LogP contribution in [-0.2, 0) is 13.0 Å². The topological polar surface area (TPSA) is 71.9 Å². The van der Waals surface area contributed by atoms with Crippen LogP contribution in [-0.4, -0.2) is 33.8 Å². The smallest absolute Gasteiger partial charge is 0.258 e. The van der Waals surface area contributed by atoms with E-state index in [-0.39, 0.29) is 5.91 Å². The number of amides is 1. The van der Waals surface area contributed by atoms with Crippen LogP contribution >= 0.6 is 0 Å². The van der Waals surface area contributed by atoms with Gasteiger partial charge in [-0.15, -0.1) is 0 Å². The Labute approximate surface area is 133 Å². The molecule has 23 heavy (non-hydrogen) atoms. The lowest BCUT2D eigenvalue weighted by Gasteiger charge is -2.15. The molecule has 0 spiro atoms. The predicted octanol–water partition coefficient (Wildman–Crippen LogP) is 2.12. The molecule has 0 fully saturated rings. The number of nitrogens with one attached hydrogen (secondary N) is 2. The summed E-state index contributed by atoms with van der Waals surface area (Å²) in [7, 11) is 0. The van der Waals surface area contributed by atoms with E-state index in [9.17, 15) is 4.79 Å². The summed E-state index contributed by atoms with van der Waals surface area (Å²) in [5.41, 5.74) is 2.84. The summed E-state index contributed by atoms with van der Waals surface area (Å²) in [5.74, 6) is 0.453. The SMILES string of the molecule is O=C(NCCc1c[nH]c2ccccc12)c1cnn2c1OCCC2. The number of hydrogen-bond donors (Lipinski definition) is 2. The Morgan fingerprint density at radius 2 is 2.30 bits per heavy atom. The molecule has 1 amide bonds. The van der Waals surface area contributed by atoms with Gasteiger partial charge in [0.2, 0.25) is 5.88 Å². The third kappa shape index (κ3) is 2.56. The van der Waals surface area contributed by atoms with Gasteiger partial charge in [0, 0.05) is 36.6 Å². The van der Waals surface area contributed by atoms with Crippen LogP contribution in [0, 0.1) is 0 Å². The van der Waals surface area contributed by atoms with Crippen LogP contribution in [0.4, 0.5) is 0 Å². The maximum Gasteiger partial charge on any atom is 0.258 e. The average molecular weight is 310 g/mol. The van der Waals surface area contributed by atoms with Gasteiger partial charge in [0.05, 0.1) is 12.8 Å². The molecule has 0 unspecified atom stereocenters. The minimum Gasteiger partial charge on any atom is -0.477 e. The van der Waals surface area contributed by atoms with Crippen molar-refractivity contribution in [3.05, 3.63) is 47.8 Å². The van der Waals surface area contributed by atoms with Crippen LogP contribution in [0.15, 0.2) is 36.7 Å². The van der Waals surface area contributed by atoms with Gasteiger partial charge >= 0.3 is 0 Å². The maximum absolute atomic E-state index is 12.3. The second-order valence-electron chi connectivity index (χ2n) is 5.65. The van der Waals surface area contributed by atoms with Crippen LogP contribution < -0.4 is 10.1 Å². The first-order valence-corrected chi connectivity index (χ1v) is 7.85. The van der Waals surface area contributed by atoms with Gasteiger partial charge in [0.1, 0.15) is 5.56 Å². The summed E-state index contributed by atoms with van der Waals surface area (Å²) in [6, 6.07) is 8.17. The zero-order valence-corrected chi connectivity index (χ0v) is 12.7. The van der Waals surface area contributed by atoms with Crippen molar-refractivity contribution in [3.63, 3.8) is 0 Å². The van der Waals surface area contributed by atoms with Crippen LogP contribution in [0.2, 0.25) is 0 Å². The minimum atomic E-state index is -0.131. The Hall–Kier alpha value is -2.76. The van der Waals surface area contributed by atoms with Crippen LogP contribution in [0.1, 0.15) is 22.3 Å². The molecule has 3 aromatic rings. The highest BCUT2D eigenvalue weighted by Crippen LogP contribution is 2.22. The molecule has 0 aliphatic carbocycles. The summed E-state index contributed by atoms with van der Waals surface area (Å²) < 4.78 is 7.31. The molecule has 3 heterocycles. The number of H-pyrrole nitrogens is 1. The molecule has 6 nitrogen and oxygen atoms in total. The first-order valence-electron chi connectivity index (χ1n) is 7.85. The van der Waals surface area contributed by atoms with Crippen LogP contribution in [0.3, 0.4) is 0 Å². The van der Waals surface area contributed by atoms with Crippen molar-refractivity contribution in [2.24, 2.45) is 0 Å². The molecule has 2 N–H and O–H groups in total. The van der Waals surface area contributed by atoms with Crippen molar-refractivity contribution in [2.75, 3.05) is 13.2 Å². The van der Waals surface area contributed by atoms with Crippen LogP contribution in [0.5, 0.6) is 5.88 Å². The summed E-state index contributed by atoms with van der Waals surface area (Å²) in [6.07, 6.45) is 5.29. The van der Waals surface area contributed by atoms with Gasteiger partial charge < -0.3 is 15.0 Å². The summed E-state index contributed by atoms with van der Waals surface area (Å²) >= 11 is 0. The Morgan fingerprint density at radius 3 is 3.26 bits per heavy atom. The van der Waals surface area contributed by atoms with Crippen molar-refractivity contribution < 1.29 is 9.53 Å². The highest BCUT2D eigenvalue weighted by Gasteiger charge is 2.21. The Kier molecular flexibility index (Phi) is 3.49. The third-order valence-corrected chi connectivity index (χ3v) is 4.14. The van der Waals surface area contributed by atoms with E-state index in [4.69, 9.17) is 4.74 Å². The van der Waals surface area contributed by atoms with Gasteiger partial charge in [-0.3, -0.25) is 4.79 Å². The number of ether oxygens (including phenoxy) is 1. The highest BCUT2D eigenvalue weighted by molar-refractivity contribution is 5.96. The normalized spacial score (nSPS) is 13.6. The molecule has 1 aliphatic heterocycles. The number of hydrogen-bond acceptors (Lipinski definition) is 3. The number of aryl methyl sites for hydroxylation is 1. The Morgan fingerprint density at radius 1 is 1.39 bits per heavy atom. The molecule has 0 saturated carbocycles. The number of aromatic amines is 1. The van der Waals surface area contributed by atoms with Crippen molar-refractivity contribution in [2.45, 2.75) is 19.4 Å². The van der Waals surface area contributed by atoms with E-state index in [1.807, 2.05) is 24.4 Å². The molecule has 118 valence electrons. The maximum atomic E-state index is 12.3. The molecule has 1 aliphatic rings. The number of nitrogens with zero attached hydrogens (tertiary/aromatic N) is 2. The minimum absolute atomic E-state index is 0.131. The number of rotatable bonds is 4. The fourth-order valence-electron chi connectivity index (χ4n) is 2.97. The van der Waals surface area contributed by atoms with Gasteiger partial charge in [0.25, 0.3) is 5.91 Å². The van der Waals surface area contributed by atoms with Gasteiger partial charge in [-0.2, -0.15) is 5.10 Å². The second kappa shape index (κ2) is 5.79. The predicted molar refractivity (Wildman–Crippen MR) is 86.7 cm³/mol. The number of benzene rings is 1. The number of para-hydroxylation sites is 1. The van der Waals surface area contributed by atoms with E-state index in [2.05, 4.69) is 21.5 Å². The fourth-order valence-corrected chi connectivity index (χ4v) is 2.97. The highest BCUT2D eigenvalue weighted by atomic mass is 16.5. The third-order valence-electron chi connectivity index (χ3n) is 4.14. The van der Waals surface area contributed by atoms with Gasteiger partial charge in [0.15, 0.2) is 0 Å². The lowest BCUT2D eigenvalue weighted by atomic mass is 10.1. The van der Waals surface area contributed by atoms with Crippen molar-refractivity contribution in [3.8, 4) is 5.88 Å². The first kappa shape index (κ1) is 13.9. The molecular weight excluding hydrogens is 292 g/mol. The molecule has 6 heteroatoms. The summed E-state index contributed by atoms with van der Waals surface area (Å²) in [4.78, 5) is 15.6. The van der Waals surface area contributed by atoms with E-state index in [0.29, 0.717) is 24.6 Å². The Balaban J connectivity index is 1.41. The van der Waals surface area contributed by atoms with E-state index in [0.717, 1.165) is 24.9 Å². The van der Waals surface area contributed by atoms with Crippen LogP contribution in [0.25, 0.3) is 10.9 Å². The lowest BCUT2D eigenvalue weighted by molar-refractivity contribution is 0.0947. The molecule has 0 bridgehead atoms. The molecule has 0 radical (unpaired) electrons. The average Bonchev–Trinajstić information content (AvgIpc) is 3.19. The standard InChI is InChI=1S/C17H18N4O2/c22-16(14-11-20-21-8-3-9-23-17(14)21)18-7-6-12-10-19-15-5-2-1-4-13(12)15/h1-2,4-5,10-11,19H,3,6-9H2,(H,18,22). The summed E-state index contributed by atoms with van der Waals surface area (Å²) in [6.45, 7) is 2.02. The zero-order valence-electron chi connectivity index (χ0n) is 12.7. The second-order valence-corrected chi connectivity index (χ2v) is 5.65. The largest absolute Gasteiger partial charge is 0.477 e. The number of aromatic nitrogens is 3. The Bertz CT molecular complexity index is 849. The van der Waals surface area contributed by atoms with Gasteiger partial charge in [-0.25, -0.2) is 4.68 Å². The number of carbonyl (C=O) groups is 1. The number of carbonyl (C=O) groups excluding carboxylic acids is 1. The zero-order chi connectivity index (χ0) is 15.6. The number of fused-ring (bicyclic) bond motifs is 2. The molecule has 2 aromatic heterocycles. The fraction of sp³-hybridized carbons (Fsp3) is 0.294. The molecule has 0 atom stereocenters. The van der Waals surface area contributed by atoms with Crippen molar-refractivity contribution in [1.82, 2.24) is 20.1 Å². The van der Waals surface area contributed by atoms with E-state index < -0.39 is 0 Å². The monoisotopic (exact) mass is 310 g/mol. The van der Waals surface area contributed by atoms with E-state index in [1.54, 1.807) is 10.9 Å². The van der Waals surface area contributed by atoms with Crippen molar-refractivity contribution >= 4 is 16.8 Å². The van der Waals surface area contributed by atoms with Gasteiger partial charge in [-0.1, -0.05) is 18.2 Å². The first-order chi connectivity index (χ1) is 11.3. The van der Waals surface area contributed by atoms with Crippen molar-refractivity contribution in [1.29, 1.82) is 0 Å². The van der Waals surface area contributed by atoms with Gasteiger partial charge in [-0.05, 0) is 18.1 Å². The quantitative estimate of drug-likeness (QED) is 0.775. The molecule has 4 rings (SSSR count). The van der Waals surface area contributed by atoms with E-state index >= 15 is 0 Å². The van der Waals surface area contributed by atoms with E-state index in [1.165, 1.54) is 10.9 Å². The molecular formula is C17H18N4O2. The summed E-state index contributed by atoms with van der Waals surface area (Å²) in [5, 5.41) is 8.36.